The first-order valence-corrected chi connectivity index (χ1v) is 10.4. The van der Waals surface area contributed by atoms with Crippen LogP contribution < -0.4 is 14.4 Å². The van der Waals surface area contributed by atoms with Gasteiger partial charge in [-0.2, -0.15) is 0 Å². The molecule has 3 aromatic rings. The number of anilines is 1. The number of carbonyl (C=O) groups is 2. The molecule has 7 nitrogen and oxygen atoms in total. The van der Waals surface area contributed by atoms with Crippen LogP contribution in [0.3, 0.4) is 0 Å². The molecule has 4 rings (SSSR count). The van der Waals surface area contributed by atoms with E-state index < -0.39 is 17.7 Å². The van der Waals surface area contributed by atoms with E-state index in [1.807, 2.05) is 0 Å². The Hall–Kier alpha value is -3.36. The number of benzene rings is 2. The molecule has 9 heteroatoms. The predicted octanol–water partition coefficient (Wildman–Crippen LogP) is 4.44. The maximum absolute atomic E-state index is 13.0. The molecular formula is C22H17ClN2O5S. The average molecular weight is 457 g/mol. The molecule has 1 amide bonds. The largest absolute Gasteiger partial charge is 0.507 e. The summed E-state index contributed by atoms with van der Waals surface area (Å²) in [6.45, 7) is 0. The molecule has 0 aliphatic carbocycles. The summed E-state index contributed by atoms with van der Waals surface area (Å²) in [6, 6.07) is 10.5. The zero-order chi connectivity index (χ0) is 22.1. The first-order chi connectivity index (χ1) is 15.0. The molecule has 1 fully saturated rings. The van der Waals surface area contributed by atoms with E-state index >= 15 is 0 Å². The predicted molar refractivity (Wildman–Crippen MR) is 118 cm³/mol. The zero-order valence-electron chi connectivity index (χ0n) is 16.5. The SMILES string of the molecule is COc1ccc(C2C(=C(O)c3ccc(Cl)cc3)C(=O)C(=O)N2c2nccs2)cc1OC. The van der Waals surface area contributed by atoms with Crippen molar-refractivity contribution in [3.8, 4) is 11.5 Å². The summed E-state index contributed by atoms with van der Waals surface area (Å²) in [5.74, 6) is -0.951. The van der Waals surface area contributed by atoms with Crippen LogP contribution in [-0.4, -0.2) is 36.0 Å². The van der Waals surface area contributed by atoms with Gasteiger partial charge in [0.2, 0.25) is 0 Å². The van der Waals surface area contributed by atoms with Gasteiger partial charge in [-0.1, -0.05) is 17.7 Å². The summed E-state index contributed by atoms with van der Waals surface area (Å²) in [7, 11) is 3.01. The Kier molecular flexibility index (Phi) is 5.67. The van der Waals surface area contributed by atoms with Crippen LogP contribution in [0.5, 0.6) is 11.5 Å². The Labute approximate surface area is 187 Å². The van der Waals surface area contributed by atoms with Gasteiger partial charge in [-0.3, -0.25) is 14.5 Å². The Balaban J connectivity index is 1.94. The second-order valence-electron chi connectivity index (χ2n) is 6.61. The number of hydrogen-bond donors (Lipinski definition) is 1. The molecule has 1 aliphatic rings. The molecule has 1 saturated heterocycles. The van der Waals surface area contributed by atoms with Crippen molar-refractivity contribution in [2.75, 3.05) is 19.1 Å². The normalized spacial score (nSPS) is 17.8. The molecule has 1 aromatic heterocycles. The second-order valence-corrected chi connectivity index (χ2v) is 7.91. The fraction of sp³-hybridized carbons (Fsp3) is 0.136. The summed E-state index contributed by atoms with van der Waals surface area (Å²) in [4.78, 5) is 31.5. The van der Waals surface area contributed by atoms with Crippen molar-refractivity contribution in [1.29, 1.82) is 0 Å². The summed E-state index contributed by atoms with van der Waals surface area (Å²) in [5.41, 5.74) is 0.879. The topological polar surface area (TPSA) is 89.0 Å². The lowest BCUT2D eigenvalue weighted by Gasteiger charge is -2.23. The minimum atomic E-state index is -0.901. The first-order valence-electron chi connectivity index (χ1n) is 9.14. The van der Waals surface area contributed by atoms with E-state index in [4.69, 9.17) is 21.1 Å². The Morgan fingerprint density at radius 3 is 2.42 bits per heavy atom. The molecule has 2 aromatic carbocycles. The quantitative estimate of drug-likeness (QED) is 0.347. The fourth-order valence-electron chi connectivity index (χ4n) is 3.47. The number of ether oxygens (including phenoxy) is 2. The molecule has 0 saturated carbocycles. The van der Waals surface area contributed by atoms with Gasteiger partial charge in [0.1, 0.15) is 5.76 Å². The lowest BCUT2D eigenvalue weighted by molar-refractivity contribution is -0.132. The lowest BCUT2D eigenvalue weighted by atomic mass is 9.95. The number of aliphatic hydroxyl groups excluding tert-OH is 1. The molecule has 31 heavy (non-hydrogen) atoms. The molecule has 0 radical (unpaired) electrons. The van der Waals surface area contributed by atoms with Gasteiger partial charge in [-0.05, 0) is 42.0 Å². The van der Waals surface area contributed by atoms with E-state index in [1.54, 1.807) is 54.0 Å². The van der Waals surface area contributed by atoms with Crippen molar-refractivity contribution >= 4 is 45.5 Å². The molecule has 1 N–H and O–H groups in total. The standard InChI is InChI=1S/C22H17ClN2O5S/c1-29-15-8-5-13(11-16(15)30-2)18-17(19(26)12-3-6-14(23)7-4-12)20(27)21(28)25(18)22-24-9-10-31-22/h3-11,18,26H,1-2H3. The number of Topliss-reactive ketones (excluding diaryl/α,β-unsaturated/α-hetero) is 1. The third-order valence-corrected chi connectivity index (χ3v) is 5.93. The Morgan fingerprint density at radius 1 is 1.10 bits per heavy atom. The molecule has 1 atom stereocenters. The van der Waals surface area contributed by atoms with Crippen LogP contribution in [0, 0.1) is 0 Å². The van der Waals surface area contributed by atoms with Gasteiger partial charge in [0.25, 0.3) is 5.78 Å². The summed E-state index contributed by atoms with van der Waals surface area (Å²) >= 11 is 7.16. The van der Waals surface area contributed by atoms with Crippen LogP contribution in [0.1, 0.15) is 17.2 Å². The van der Waals surface area contributed by atoms with Gasteiger partial charge < -0.3 is 14.6 Å². The van der Waals surface area contributed by atoms with Gasteiger partial charge in [-0.15, -0.1) is 11.3 Å². The number of methoxy groups -OCH3 is 2. The molecule has 0 spiro atoms. The van der Waals surface area contributed by atoms with Crippen LogP contribution in [0.2, 0.25) is 5.02 Å². The number of aliphatic hydroxyl groups is 1. The highest BCUT2D eigenvalue weighted by Gasteiger charge is 2.48. The van der Waals surface area contributed by atoms with Crippen molar-refractivity contribution < 1.29 is 24.2 Å². The lowest BCUT2D eigenvalue weighted by Crippen LogP contribution is -2.29. The number of nitrogens with zero attached hydrogens (tertiary/aromatic N) is 2. The van der Waals surface area contributed by atoms with E-state index in [0.717, 1.165) is 0 Å². The van der Waals surface area contributed by atoms with Crippen molar-refractivity contribution in [3.63, 3.8) is 0 Å². The van der Waals surface area contributed by atoms with Gasteiger partial charge in [-0.25, -0.2) is 4.98 Å². The highest BCUT2D eigenvalue weighted by atomic mass is 35.5. The summed E-state index contributed by atoms with van der Waals surface area (Å²) in [5, 5.41) is 13.6. The molecular weight excluding hydrogens is 440 g/mol. The molecule has 0 bridgehead atoms. The Morgan fingerprint density at radius 2 is 1.81 bits per heavy atom. The minimum Gasteiger partial charge on any atom is -0.507 e. The third kappa shape index (κ3) is 3.64. The van der Waals surface area contributed by atoms with Crippen LogP contribution in [0.4, 0.5) is 5.13 Å². The summed E-state index contributed by atoms with van der Waals surface area (Å²) in [6.07, 6.45) is 1.55. The van der Waals surface area contributed by atoms with Crippen LogP contribution in [0.15, 0.2) is 59.6 Å². The van der Waals surface area contributed by atoms with Crippen molar-refractivity contribution in [2.45, 2.75) is 6.04 Å². The molecule has 2 heterocycles. The van der Waals surface area contributed by atoms with Crippen LogP contribution in [0.25, 0.3) is 5.76 Å². The molecule has 1 unspecified atom stereocenters. The van der Waals surface area contributed by atoms with Crippen molar-refractivity contribution in [1.82, 2.24) is 4.98 Å². The van der Waals surface area contributed by atoms with Crippen LogP contribution >= 0.6 is 22.9 Å². The highest BCUT2D eigenvalue weighted by Crippen LogP contribution is 2.44. The molecule has 1 aliphatic heterocycles. The van der Waals surface area contributed by atoms with Gasteiger partial charge >= 0.3 is 5.91 Å². The Bertz CT molecular complexity index is 1180. The minimum absolute atomic E-state index is 0.0465. The number of hydrogen-bond acceptors (Lipinski definition) is 7. The number of aromatic nitrogens is 1. The van der Waals surface area contributed by atoms with E-state index in [1.165, 1.54) is 30.5 Å². The van der Waals surface area contributed by atoms with Gasteiger partial charge in [0.15, 0.2) is 16.6 Å². The number of halogens is 1. The number of thiazole rings is 1. The van der Waals surface area contributed by atoms with Crippen LogP contribution in [-0.2, 0) is 9.59 Å². The number of carbonyl (C=O) groups excluding carboxylic acids is 2. The van der Waals surface area contributed by atoms with E-state index in [-0.39, 0.29) is 11.3 Å². The number of ketones is 1. The van der Waals surface area contributed by atoms with Crippen molar-refractivity contribution in [3.05, 3.63) is 75.8 Å². The fourth-order valence-corrected chi connectivity index (χ4v) is 4.26. The second kappa shape index (κ2) is 8.41. The smallest absolute Gasteiger partial charge is 0.301 e. The number of amides is 1. The van der Waals surface area contributed by atoms with E-state index in [0.29, 0.717) is 32.8 Å². The maximum atomic E-state index is 13.0. The van der Waals surface area contributed by atoms with Gasteiger partial charge in [0.05, 0.1) is 25.8 Å². The van der Waals surface area contributed by atoms with E-state index in [2.05, 4.69) is 4.98 Å². The maximum Gasteiger partial charge on any atom is 0.301 e. The van der Waals surface area contributed by atoms with Gasteiger partial charge in [0, 0.05) is 22.2 Å². The number of rotatable bonds is 5. The molecule has 158 valence electrons. The summed E-state index contributed by atoms with van der Waals surface area (Å²) < 4.78 is 10.7. The van der Waals surface area contributed by atoms with Crippen molar-refractivity contribution in [2.24, 2.45) is 0 Å². The highest BCUT2D eigenvalue weighted by molar-refractivity contribution is 7.14. The third-order valence-electron chi connectivity index (χ3n) is 4.91. The average Bonchev–Trinajstić information content (AvgIpc) is 3.40. The first kappa shape index (κ1) is 20.9. The zero-order valence-corrected chi connectivity index (χ0v) is 18.1. The van der Waals surface area contributed by atoms with E-state index in [9.17, 15) is 14.7 Å². The monoisotopic (exact) mass is 456 g/mol.